The van der Waals surface area contributed by atoms with E-state index in [2.05, 4.69) is 42.1 Å². The Morgan fingerprint density at radius 1 is 0.575 bits per heavy atom. The van der Waals surface area contributed by atoms with Gasteiger partial charge in [0, 0.05) is 57.1 Å². The van der Waals surface area contributed by atoms with Crippen LogP contribution in [-0.4, -0.2) is 141 Å². The van der Waals surface area contributed by atoms with E-state index >= 15 is 0 Å². The first-order valence-electron chi connectivity index (χ1n) is 25.1. The second-order valence-electron chi connectivity index (χ2n) is 17.4. The summed E-state index contributed by atoms with van der Waals surface area (Å²) in [6.45, 7) is 3.43. The van der Waals surface area contributed by atoms with Gasteiger partial charge >= 0.3 is 127 Å². The van der Waals surface area contributed by atoms with Crippen molar-refractivity contribution in [3.05, 3.63) is 109 Å². The van der Waals surface area contributed by atoms with Crippen LogP contribution in [0.1, 0.15) is 28.1 Å². The van der Waals surface area contributed by atoms with Gasteiger partial charge in [-0.05, 0) is 62.4 Å². The summed E-state index contributed by atoms with van der Waals surface area (Å²) in [6, 6.07) is 29.3. The van der Waals surface area contributed by atoms with Gasteiger partial charge in [-0.2, -0.15) is 0 Å². The molecular formula is C59H67BrK2N4O19S2. The summed E-state index contributed by atoms with van der Waals surface area (Å²) in [5, 5.41) is 11.4. The maximum Gasteiger partial charge on any atom is 1.00 e. The number of anilines is 4. The van der Waals surface area contributed by atoms with E-state index in [1.165, 1.54) is 93.3 Å². The summed E-state index contributed by atoms with van der Waals surface area (Å²) < 4.78 is 97.8. The van der Waals surface area contributed by atoms with E-state index in [1.807, 2.05) is 60.0 Å². The van der Waals surface area contributed by atoms with E-state index in [4.69, 9.17) is 56.1 Å². The molecule has 0 amide bonds. The van der Waals surface area contributed by atoms with Crippen LogP contribution in [-0.2, 0) is 67.9 Å². The van der Waals surface area contributed by atoms with Gasteiger partial charge in [-0.15, -0.1) is 12.8 Å². The average Bonchev–Trinajstić information content (AvgIpc) is 0.964. The third kappa shape index (κ3) is 22.4. The maximum absolute atomic E-state index is 14.0. The molecule has 0 radical (unpaired) electrons. The summed E-state index contributed by atoms with van der Waals surface area (Å²) in [6.07, 6.45) is 11.5. The first-order chi connectivity index (χ1) is 40.6. The van der Waals surface area contributed by atoms with Crippen molar-refractivity contribution in [3.8, 4) is 47.7 Å². The number of hydrogen-bond acceptors (Lipinski definition) is 21. The van der Waals surface area contributed by atoms with E-state index in [0.717, 1.165) is 15.4 Å². The molecule has 0 heterocycles. The van der Waals surface area contributed by atoms with Crippen molar-refractivity contribution < 1.29 is 193 Å². The van der Waals surface area contributed by atoms with E-state index in [9.17, 15) is 36.0 Å². The second kappa shape index (κ2) is 40.1. The molecule has 0 unspecified atom stereocenters. The number of ether oxygens (including phenoxy) is 8. The maximum atomic E-state index is 14.0. The molecule has 6 rings (SSSR count). The van der Waals surface area contributed by atoms with Crippen molar-refractivity contribution >= 4 is 111 Å². The molecule has 23 nitrogen and oxygen atoms in total. The quantitative estimate of drug-likeness (QED) is 0.0128. The molecule has 0 saturated heterocycles. The fourth-order valence-electron chi connectivity index (χ4n) is 8.21. The number of rotatable bonds is 24. The van der Waals surface area contributed by atoms with Gasteiger partial charge in [0.1, 0.15) is 11.9 Å². The molecule has 6 aromatic carbocycles. The minimum atomic E-state index is -4.30. The van der Waals surface area contributed by atoms with Gasteiger partial charge in [0.25, 0.3) is 26.5 Å². The van der Waals surface area contributed by atoms with E-state index in [1.54, 1.807) is 36.4 Å². The monoisotopic (exact) mass is 1360 g/mol. The van der Waals surface area contributed by atoms with Gasteiger partial charge in [-0.25, -0.2) is 16.8 Å². The molecule has 87 heavy (non-hydrogen) atoms. The molecule has 6 aromatic rings. The Morgan fingerprint density at radius 2 is 0.954 bits per heavy atom. The van der Waals surface area contributed by atoms with Gasteiger partial charge in [-0.1, -0.05) is 76.3 Å². The third-order valence-corrected chi connectivity index (χ3v) is 15.9. The van der Waals surface area contributed by atoms with Crippen LogP contribution >= 0.6 is 15.9 Å². The van der Waals surface area contributed by atoms with Gasteiger partial charge < -0.3 is 59.3 Å². The molecule has 28 heteroatoms. The molecule has 2 atom stereocenters. The fourth-order valence-corrected chi connectivity index (χ4v) is 11.0. The van der Waals surface area contributed by atoms with Crippen LogP contribution in [0.25, 0.3) is 21.5 Å². The van der Waals surface area contributed by atoms with Crippen molar-refractivity contribution in [2.75, 3.05) is 101 Å². The van der Waals surface area contributed by atoms with Gasteiger partial charge in [-0.3, -0.25) is 33.0 Å². The minimum absolute atomic E-state index is 0. The SMILES string of the molecule is C#CCN(c1ccc(N(CC(=O)OC)S(=O)(=O)c2ccc(OC)c(OC)c2)c2ccccc12)[C@@H](C)CC(=O)OC.C#CCN(c1ccc(NS(=O)(=O)c2ccc(OC)c(OC)c2)c2ccccc12)[C@@H](C)CC(=O)OC.COC(=O)CBr.O=CO[O-].[H-].[K+].[K+]. The summed E-state index contributed by atoms with van der Waals surface area (Å²) in [5.74, 6) is 4.84. The van der Waals surface area contributed by atoms with Gasteiger partial charge in [0.2, 0.25) is 0 Å². The van der Waals surface area contributed by atoms with Crippen molar-refractivity contribution in [2.24, 2.45) is 0 Å². The zero-order valence-electron chi connectivity index (χ0n) is 51.3. The first kappa shape index (κ1) is 79.3. The Morgan fingerprint density at radius 3 is 1.34 bits per heavy atom. The van der Waals surface area contributed by atoms with E-state index in [-0.39, 0.29) is 193 Å². The molecule has 0 aromatic heterocycles. The first-order valence-corrected chi connectivity index (χ1v) is 29.1. The number of carbonyl (C=O) groups excluding carboxylic acids is 5. The van der Waals surface area contributed by atoms with Gasteiger partial charge in [0.05, 0.1) is 104 Å². The molecule has 0 aliphatic rings. The number of sulfonamides is 2. The van der Waals surface area contributed by atoms with Crippen molar-refractivity contribution in [3.63, 3.8) is 0 Å². The normalized spacial score (nSPS) is 10.9. The zero-order chi connectivity index (χ0) is 63.4. The topological polar surface area (TPSA) is 282 Å². The van der Waals surface area contributed by atoms with Crippen LogP contribution in [0.4, 0.5) is 22.7 Å². The predicted octanol–water partition coefficient (Wildman–Crippen LogP) is 0.775. The average molecular weight is 1360 g/mol. The largest absolute Gasteiger partial charge is 1.00 e. The summed E-state index contributed by atoms with van der Waals surface area (Å²) in [4.78, 5) is 61.2. The Labute approximate surface area is 602 Å². The number of terminal acetylenes is 2. The van der Waals surface area contributed by atoms with Crippen LogP contribution in [0.3, 0.4) is 0 Å². The van der Waals surface area contributed by atoms with Crippen molar-refractivity contribution in [2.45, 2.75) is 48.6 Å². The van der Waals surface area contributed by atoms with Crippen LogP contribution in [0.5, 0.6) is 23.0 Å². The minimum Gasteiger partial charge on any atom is -1.00 e. The van der Waals surface area contributed by atoms with Crippen LogP contribution in [0.2, 0.25) is 0 Å². The molecule has 0 aliphatic carbocycles. The third-order valence-electron chi connectivity index (χ3n) is 12.4. The number of methoxy groups -OCH3 is 8. The number of nitrogens with one attached hydrogen (secondary N) is 1. The Bertz CT molecular complexity index is 3590. The number of benzene rings is 6. The number of alkyl halides is 1. The number of esters is 4. The number of nitrogens with zero attached hydrogens (tertiary/aromatic N) is 3. The van der Waals surface area contributed by atoms with Crippen LogP contribution in [0.15, 0.2) is 119 Å². The number of halogens is 1. The molecular weight excluding hydrogens is 1290 g/mol. The summed E-state index contributed by atoms with van der Waals surface area (Å²) in [5.41, 5.74) is 2.13. The Kier molecular flexibility index (Phi) is 36.5. The molecule has 0 aliphatic heterocycles. The van der Waals surface area contributed by atoms with Crippen LogP contribution < -0.4 is 146 Å². The summed E-state index contributed by atoms with van der Waals surface area (Å²) in [7, 11) is 2.73. The zero-order valence-corrected chi connectivity index (χ0v) is 59.8. The smallest absolute Gasteiger partial charge is 1.00 e. The van der Waals surface area contributed by atoms with Crippen molar-refractivity contribution in [1.82, 2.24) is 0 Å². The molecule has 0 bridgehead atoms. The Balaban J connectivity index is 0.00000145. The molecule has 0 spiro atoms. The van der Waals surface area contributed by atoms with Crippen molar-refractivity contribution in [1.29, 1.82) is 0 Å². The van der Waals surface area contributed by atoms with Crippen LogP contribution in [0, 0.1) is 24.7 Å². The van der Waals surface area contributed by atoms with Gasteiger partial charge in [0.15, 0.2) is 23.0 Å². The summed E-state index contributed by atoms with van der Waals surface area (Å²) >= 11 is 2.90. The van der Waals surface area contributed by atoms with E-state index in [0.29, 0.717) is 44.8 Å². The Hall–Kier alpha value is -5.68. The standard InChI is InChI=1S/C29H32N2O8S.C26H28N2O6S.C3H5BrO2.CH2O3.2K.H/c1-7-16-30(20(2)17-28(32)38-5)24-13-14-25(23-11-9-8-10-22(23)24)31(19-29(33)39-6)40(34,35)21-12-15-26(36-3)27(18-21)37-4;1-6-15-28(18(2)16-26(29)34-5)23-13-12-22(20-9-7-8-10-21(20)23)27-35(30,31)19-11-14-24(32-3)25(17-19)33-4;1-6-3(5)2-4;2-1-4-3;;;/h1,8-15,18,20H,16-17,19H2,2-6H3;1,7-14,17-18,27H,15-16H2,2-5H3;2H2,1H3;1,3H;;;/q;;;;2*+1;-1/p-1/t20-;18-;;;;;/m00...../s1. The number of hydrogen-bond donors (Lipinski definition) is 1. The number of fused-ring (bicyclic) bond motifs is 2. The van der Waals surface area contributed by atoms with E-state index < -0.39 is 32.6 Å². The predicted molar refractivity (Wildman–Crippen MR) is 323 cm³/mol. The molecule has 0 saturated carbocycles. The molecule has 1 N–H and O–H groups in total. The molecule has 458 valence electrons. The second-order valence-corrected chi connectivity index (χ2v) is 21.5. The fraction of sp³-hybridized carbons (Fsp3) is 0.305. The number of carbonyl (C=O) groups is 5. The molecule has 0 fully saturated rings.